The number of halogens is 1. The van der Waals surface area contributed by atoms with Gasteiger partial charge in [0.25, 0.3) is 0 Å². The zero-order chi connectivity index (χ0) is 14.2. The average Bonchev–Trinajstić information content (AvgIpc) is 2.80. The third-order valence-corrected chi connectivity index (χ3v) is 3.47. The number of aromatic amines is 1. The number of rotatable bonds is 3. The van der Waals surface area contributed by atoms with E-state index in [2.05, 4.69) is 10.2 Å². The van der Waals surface area contributed by atoms with Crippen molar-refractivity contribution in [3.8, 4) is 0 Å². The maximum atomic E-state index is 14.0. The van der Waals surface area contributed by atoms with Crippen LogP contribution in [0.15, 0.2) is 21.3 Å². The van der Waals surface area contributed by atoms with Gasteiger partial charge >= 0.3 is 5.76 Å². The lowest BCUT2D eigenvalue weighted by molar-refractivity contribution is 0.396. The molecule has 2 atom stereocenters. The van der Waals surface area contributed by atoms with Crippen LogP contribution in [0.5, 0.6) is 0 Å². The molecule has 0 bridgehead atoms. The van der Waals surface area contributed by atoms with Crippen molar-refractivity contribution in [2.75, 3.05) is 0 Å². The molecule has 0 saturated heterocycles. The molecule has 0 aliphatic heterocycles. The second-order valence-electron chi connectivity index (χ2n) is 4.67. The van der Waals surface area contributed by atoms with E-state index in [1.807, 2.05) is 13.8 Å². The Morgan fingerprint density at radius 3 is 2.68 bits per heavy atom. The van der Waals surface area contributed by atoms with Crippen LogP contribution in [0.2, 0.25) is 0 Å². The summed E-state index contributed by atoms with van der Waals surface area (Å²) in [6, 6.07) is 2.46. The topological polar surface area (TPSA) is 84.9 Å². The molecule has 3 N–H and O–H groups in total. The Kier molecular flexibility index (Phi) is 3.53. The first-order valence-electron chi connectivity index (χ1n) is 5.98. The molecule has 1 aromatic carbocycles. The molecule has 1 aromatic heterocycles. The van der Waals surface area contributed by atoms with Crippen molar-refractivity contribution >= 4 is 0 Å². The molecule has 102 valence electrons. The van der Waals surface area contributed by atoms with Crippen molar-refractivity contribution in [1.82, 2.24) is 10.2 Å². The quantitative estimate of drug-likeness (QED) is 0.887. The number of aryl methyl sites for hydroxylation is 1. The van der Waals surface area contributed by atoms with Crippen molar-refractivity contribution in [1.29, 1.82) is 0 Å². The van der Waals surface area contributed by atoms with E-state index in [-0.39, 0.29) is 17.6 Å². The highest BCUT2D eigenvalue weighted by Crippen LogP contribution is 2.32. The van der Waals surface area contributed by atoms with Crippen LogP contribution < -0.4 is 11.5 Å². The summed E-state index contributed by atoms with van der Waals surface area (Å²) in [4.78, 5) is 10.9. The molecule has 0 fully saturated rings. The van der Waals surface area contributed by atoms with Gasteiger partial charge in [0.1, 0.15) is 5.82 Å². The number of nitrogens with zero attached hydrogens (tertiary/aromatic N) is 1. The summed E-state index contributed by atoms with van der Waals surface area (Å²) >= 11 is 0. The van der Waals surface area contributed by atoms with Gasteiger partial charge < -0.3 is 10.2 Å². The molecule has 0 amide bonds. The van der Waals surface area contributed by atoms with Crippen LogP contribution in [0, 0.1) is 19.7 Å². The van der Waals surface area contributed by atoms with E-state index in [1.54, 1.807) is 13.0 Å². The minimum absolute atomic E-state index is 0.0813. The standard InChI is InChI=1S/C13H16FN3O2/c1-6-4-5-9(14)10(7(6)2)8(3)11(15)12-16-17-13(18)19-12/h4-5,8,11H,15H2,1-3H3,(H,17,18). The molecule has 0 spiro atoms. The summed E-state index contributed by atoms with van der Waals surface area (Å²) in [5, 5.41) is 5.84. The van der Waals surface area contributed by atoms with Crippen LogP contribution in [-0.4, -0.2) is 10.2 Å². The van der Waals surface area contributed by atoms with Crippen molar-refractivity contribution in [2.24, 2.45) is 5.73 Å². The average molecular weight is 265 g/mol. The lowest BCUT2D eigenvalue weighted by atomic mass is 9.88. The molecular formula is C13H16FN3O2. The van der Waals surface area contributed by atoms with Gasteiger partial charge in [0.15, 0.2) is 0 Å². The highest BCUT2D eigenvalue weighted by molar-refractivity contribution is 5.37. The Bertz CT molecular complexity index is 648. The number of aromatic nitrogens is 2. The van der Waals surface area contributed by atoms with E-state index in [0.717, 1.165) is 11.1 Å². The highest BCUT2D eigenvalue weighted by Gasteiger charge is 2.25. The van der Waals surface area contributed by atoms with Gasteiger partial charge in [0.2, 0.25) is 5.89 Å². The molecule has 0 saturated carbocycles. The number of hydrogen-bond acceptors (Lipinski definition) is 4. The maximum Gasteiger partial charge on any atom is 0.434 e. The fourth-order valence-electron chi connectivity index (χ4n) is 2.14. The summed E-state index contributed by atoms with van der Waals surface area (Å²) in [5.41, 5.74) is 8.35. The van der Waals surface area contributed by atoms with Crippen molar-refractivity contribution in [3.63, 3.8) is 0 Å². The summed E-state index contributed by atoms with van der Waals surface area (Å²) in [5.74, 6) is -1.26. The Hall–Kier alpha value is -1.95. The van der Waals surface area contributed by atoms with Gasteiger partial charge in [-0.1, -0.05) is 13.0 Å². The van der Waals surface area contributed by atoms with Gasteiger partial charge in [-0.05, 0) is 36.6 Å². The Labute approximate surface area is 109 Å². The maximum absolute atomic E-state index is 14.0. The summed E-state index contributed by atoms with van der Waals surface area (Å²) in [7, 11) is 0. The normalized spacial score (nSPS) is 14.4. The Morgan fingerprint density at radius 1 is 1.42 bits per heavy atom. The fourth-order valence-corrected chi connectivity index (χ4v) is 2.14. The minimum Gasteiger partial charge on any atom is -0.391 e. The third kappa shape index (κ3) is 2.44. The predicted molar refractivity (Wildman–Crippen MR) is 68.3 cm³/mol. The van der Waals surface area contributed by atoms with Gasteiger partial charge in [0.05, 0.1) is 6.04 Å². The zero-order valence-corrected chi connectivity index (χ0v) is 11.0. The van der Waals surface area contributed by atoms with Crippen molar-refractivity contribution in [3.05, 3.63) is 51.1 Å². The first-order chi connectivity index (χ1) is 8.91. The largest absolute Gasteiger partial charge is 0.434 e. The Morgan fingerprint density at radius 2 is 2.11 bits per heavy atom. The van der Waals surface area contributed by atoms with Crippen LogP contribution in [0.4, 0.5) is 4.39 Å². The number of nitrogens with one attached hydrogen (secondary N) is 1. The molecule has 2 aromatic rings. The number of H-pyrrole nitrogens is 1. The second kappa shape index (κ2) is 4.97. The molecule has 6 heteroatoms. The monoisotopic (exact) mass is 265 g/mol. The molecule has 0 aliphatic carbocycles. The van der Waals surface area contributed by atoms with Crippen molar-refractivity contribution in [2.45, 2.75) is 32.7 Å². The summed E-state index contributed by atoms with van der Waals surface area (Å²) in [6.45, 7) is 5.53. The van der Waals surface area contributed by atoms with E-state index < -0.39 is 11.8 Å². The summed E-state index contributed by atoms with van der Waals surface area (Å²) < 4.78 is 18.8. The van der Waals surface area contributed by atoms with Crippen LogP contribution in [0.25, 0.3) is 0 Å². The second-order valence-corrected chi connectivity index (χ2v) is 4.67. The minimum atomic E-state index is -0.686. The molecule has 1 heterocycles. The van der Waals surface area contributed by atoms with Crippen LogP contribution in [-0.2, 0) is 0 Å². The zero-order valence-electron chi connectivity index (χ0n) is 11.0. The molecule has 0 radical (unpaired) electrons. The molecule has 2 rings (SSSR count). The number of nitrogens with two attached hydrogens (primary N) is 1. The van der Waals surface area contributed by atoms with Gasteiger partial charge in [0, 0.05) is 5.92 Å². The predicted octanol–water partition coefficient (Wildman–Crippen LogP) is 1.92. The van der Waals surface area contributed by atoms with Gasteiger partial charge in [-0.3, -0.25) is 0 Å². The van der Waals surface area contributed by atoms with E-state index >= 15 is 0 Å². The number of hydrogen-bond donors (Lipinski definition) is 2. The molecule has 19 heavy (non-hydrogen) atoms. The first-order valence-corrected chi connectivity index (χ1v) is 5.98. The van der Waals surface area contributed by atoms with Gasteiger partial charge in [-0.25, -0.2) is 14.3 Å². The third-order valence-electron chi connectivity index (χ3n) is 3.47. The van der Waals surface area contributed by atoms with Crippen LogP contribution in [0.3, 0.4) is 0 Å². The Balaban J connectivity index is 2.42. The lowest BCUT2D eigenvalue weighted by Crippen LogP contribution is -2.20. The molecule has 2 unspecified atom stereocenters. The van der Waals surface area contributed by atoms with E-state index in [0.29, 0.717) is 5.56 Å². The van der Waals surface area contributed by atoms with Gasteiger partial charge in [-0.2, -0.15) is 0 Å². The van der Waals surface area contributed by atoms with E-state index in [4.69, 9.17) is 10.2 Å². The summed E-state index contributed by atoms with van der Waals surface area (Å²) in [6.07, 6.45) is 0. The van der Waals surface area contributed by atoms with E-state index in [1.165, 1.54) is 6.07 Å². The van der Waals surface area contributed by atoms with Crippen molar-refractivity contribution < 1.29 is 8.81 Å². The molecule has 5 nitrogen and oxygen atoms in total. The first kappa shape index (κ1) is 13.5. The molecule has 0 aliphatic rings. The number of benzene rings is 1. The SMILES string of the molecule is Cc1ccc(F)c(C(C)C(N)c2n[nH]c(=O)o2)c1C. The smallest absolute Gasteiger partial charge is 0.391 e. The fraction of sp³-hybridized carbons (Fsp3) is 0.385. The molecular weight excluding hydrogens is 249 g/mol. The lowest BCUT2D eigenvalue weighted by Gasteiger charge is -2.20. The van der Waals surface area contributed by atoms with E-state index in [9.17, 15) is 9.18 Å². The van der Waals surface area contributed by atoms with Gasteiger partial charge in [-0.15, -0.1) is 5.10 Å². The highest BCUT2D eigenvalue weighted by atomic mass is 19.1. The van der Waals surface area contributed by atoms with Crippen LogP contribution >= 0.6 is 0 Å². The van der Waals surface area contributed by atoms with Crippen LogP contribution in [0.1, 0.15) is 41.5 Å².